The second-order valence-electron chi connectivity index (χ2n) is 17.4. The van der Waals surface area contributed by atoms with Crippen LogP contribution in [0, 0.1) is 24.5 Å². The number of halogens is 4. The summed E-state index contributed by atoms with van der Waals surface area (Å²) in [5.41, 5.74) is 17.6. The van der Waals surface area contributed by atoms with Gasteiger partial charge in [0.2, 0.25) is 5.91 Å². The highest BCUT2D eigenvalue weighted by Crippen LogP contribution is 2.49. The highest BCUT2D eigenvalue weighted by Gasteiger charge is 2.35. The molecule has 1 aliphatic carbocycles. The number of nitrogens with one attached hydrogen (secondary N) is 3. The quantitative estimate of drug-likeness (QED) is 0.0345. The third-order valence-electron chi connectivity index (χ3n) is 12.4. The Kier molecular flexibility index (Phi) is 19.8. The number of nitrogens with zero attached hydrogens (tertiary/aromatic N) is 1. The normalized spacial score (nSPS) is 17.5. The predicted molar refractivity (Wildman–Crippen MR) is 259 cm³/mol. The zero-order valence-corrected chi connectivity index (χ0v) is 39.1. The third kappa shape index (κ3) is 13.6. The van der Waals surface area contributed by atoms with Crippen LogP contribution in [-0.4, -0.2) is 60.4 Å². The van der Waals surface area contributed by atoms with E-state index in [1.807, 2.05) is 50.4 Å². The lowest BCUT2D eigenvalue weighted by molar-refractivity contribution is -0.122. The Hall–Kier alpha value is -4.78. The molecule has 1 aliphatic heterocycles. The van der Waals surface area contributed by atoms with Crippen molar-refractivity contribution in [2.45, 2.75) is 121 Å². The average molecular weight is 903 g/mol. The minimum Gasteiger partial charge on any atom is -0.379 e. The molecule has 1 heterocycles. The molecular weight excluding hydrogens is 833 g/mol. The minimum absolute atomic E-state index is 0.00703. The van der Waals surface area contributed by atoms with Crippen molar-refractivity contribution in [3.63, 3.8) is 0 Å². The predicted octanol–water partition coefficient (Wildman–Crippen LogP) is 10.5. The van der Waals surface area contributed by atoms with E-state index in [2.05, 4.69) is 60.3 Å². The largest absolute Gasteiger partial charge is 0.379 e. The van der Waals surface area contributed by atoms with Gasteiger partial charge >= 0.3 is 0 Å². The maximum Gasteiger partial charge on any atom is 0.242 e. The number of benzene rings is 2. The van der Waals surface area contributed by atoms with Crippen LogP contribution in [0.4, 0.5) is 17.6 Å². The first kappa shape index (κ1) is 51.9. The molecule has 0 saturated carbocycles. The number of hydrogen-bond donors (Lipinski definition) is 5. The molecule has 4 unspecified atom stereocenters. The molecule has 0 spiro atoms. The van der Waals surface area contributed by atoms with Crippen molar-refractivity contribution >= 4 is 17.7 Å². The molecule has 2 aliphatic rings. The monoisotopic (exact) mass is 903 g/mol. The Bertz CT molecular complexity index is 2100. The first-order valence-electron chi connectivity index (χ1n) is 22.3. The molecule has 0 aromatic heterocycles. The van der Waals surface area contributed by atoms with E-state index >= 15 is 8.78 Å². The summed E-state index contributed by atoms with van der Waals surface area (Å²) in [6.45, 7) is 30.3. The zero-order valence-electron chi connectivity index (χ0n) is 38.3. The molecule has 1 amide bonds. The fourth-order valence-corrected chi connectivity index (χ4v) is 9.80. The number of thioether (sulfide) groups is 1. The van der Waals surface area contributed by atoms with Crippen LogP contribution in [0.15, 0.2) is 133 Å². The Balaban J connectivity index is 1.52. The van der Waals surface area contributed by atoms with Crippen LogP contribution in [0.25, 0.3) is 0 Å². The Morgan fingerprint density at radius 1 is 1.06 bits per heavy atom. The molecule has 0 bridgehead atoms. The molecule has 4 rings (SSSR count). The molecule has 0 saturated heterocycles. The highest BCUT2D eigenvalue weighted by atomic mass is 32.2. The number of unbranched alkanes of at least 4 members (excludes halogenated alkanes) is 1. The first-order valence-corrected chi connectivity index (χ1v) is 23.2. The number of hydrogen-bond acceptors (Lipinski definition) is 7. The van der Waals surface area contributed by atoms with E-state index in [1.54, 1.807) is 6.08 Å². The van der Waals surface area contributed by atoms with Crippen molar-refractivity contribution in [1.82, 2.24) is 20.9 Å². The lowest BCUT2D eigenvalue weighted by Crippen LogP contribution is -2.53. The van der Waals surface area contributed by atoms with E-state index in [4.69, 9.17) is 11.5 Å². The van der Waals surface area contributed by atoms with Gasteiger partial charge in [0.05, 0.1) is 17.3 Å². The highest BCUT2D eigenvalue weighted by molar-refractivity contribution is 8.04. The van der Waals surface area contributed by atoms with Gasteiger partial charge in [-0.15, -0.1) is 18.3 Å². The summed E-state index contributed by atoms with van der Waals surface area (Å²) < 4.78 is 60.2. The average Bonchev–Trinajstić information content (AvgIpc) is 3.72. The number of aryl methyl sites for hydroxylation is 1. The topological polar surface area (TPSA) is 108 Å². The molecule has 2 aromatic rings. The number of amides is 1. The molecule has 12 heteroatoms. The summed E-state index contributed by atoms with van der Waals surface area (Å²) >= 11 is 1.54. The summed E-state index contributed by atoms with van der Waals surface area (Å²) in [6.07, 6.45) is 7.40. The molecule has 7 nitrogen and oxygen atoms in total. The third-order valence-corrected chi connectivity index (χ3v) is 13.8. The van der Waals surface area contributed by atoms with Crippen molar-refractivity contribution in [3.8, 4) is 0 Å². The lowest BCUT2D eigenvalue weighted by Gasteiger charge is -2.39. The van der Waals surface area contributed by atoms with Crippen LogP contribution in [0.2, 0.25) is 0 Å². The minimum atomic E-state index is -1.87. The van der Waals surface area contributed by atoms with E-state index in [9.17, 15) is 13.6 Å². The molecule has 0 fully saturated rings. The van der Waals surface area contributed by atoms with Gasteiger partial charge in [0.1, 0.15) is 29.7 Å². The summed E-state index contributed by atoms with van der Waals surface area (Å²) in [7, 11) is 2.01. The number of carbonyl (C=O) groups excluding carboxylic acids is 1. The van der Waals surface area contributed by atoms with E-state index < -0.39 is 29.9 Å². The second-order valence-corrected chi connectivity index (χ2v) is 18.6. The summed E-state index contributed by atoms with van der Waals surface area (Å²) in [6, 6.07) is 9.17. The Morgan fingerprint density at radius 3 is 2.41 bits per heavy atom. The van der Waals surface area contributed by atoms with Gasteiger partial charge in [-0.2, -0.15) is 0 Å². The number of carbonyl (C=O) groups is 1. The van der Waals surface area contributed by atoms with E-state index in [-0.39, 0.29) is 89.6 Å². The van der Waals surface area contributed by atoms with Crippen LogP contribution in [-0.2, 0) is 17.6 Å². The molecular formula is C52H70F4N6OS. The maximum atomic E-state index is 15.3. The molecule has 348 valence electrons. The number of allylic oxidation sites excluding steroid dienone is 5. The summed E-state index contributed by atoms with van der Waals surface area (Å²) in [5.74, 6) is -2.23. The molecule has 0 radical (unpaired) electrons. The van der Waals surface area contributed by atoms with Crippen molar-refractivity contribution in [2.75, 3.05) is 20.1 Å². The summed E-state index contributed by atoms with van der Waals surface area (Å²) in [4.78, 5) is 16.8. The van der Waals surface area contributed by atoms with Gasteiger partial charge in [0.15, 0.2) is 0 Å². The van der Waals surface area contributed by atoms with Gasteiger partial charge in [-0.05, 0) is 125 Å². The lowest BCUT2D eigenvalue weighted by atomic mass is 9.87. The number of nitrogens with two attached hydrogens (primary N) is 2. The van der Waals surface area contributed by atoms with Crippen LogP contribution in [0.1, 0.15) is 93.6 Å². The first-order chi connectivity index (χ1) is 30.4. The fourth-order valence-electron chi connectivity index (χ4n) is 8.38. The standard InChI is InChI=1S/C52H70F4N6OS/c1-11-12-14-22-45(62(10)37(9)46-29-39-20-17-21-41(53)51(39)64-46)35(7)61-50(34(6)43(58)28-38-18-15-13-16-19-38)36(8)60-44(25-26-57)52(63)59-30-32(4)23-24-40-47(48(55)31(2)3)42(54)27-33(5)49(40)56/h11,13,15-16,18-19,21,27,34,43-46,48,50,60-61H,1-2,4,7-9,12,14,17,20,22-26,28-30,57-58H2,3,5-6,10H3,(H,59,63)/t34-,43?,44?,45?,46-,48?,50-/m0/s1. The van der Waals surface area contributed by atoms with Crippen molar-refractivity contribution in [1.29, 1.82) is 0 Å². The van der Waals surface area contributed by atoms with Crippen molar-refractivity contribution in [3.05, 3.63) is 166 Å². The second kappa shape index (κ2) is 24.5. The van der Waals surface area contributed by atoms with E-state index in [1.165, 1.54) is 25.6 Å². The maximum absolute atomic E-state index is 15.3. The number of alkyl halides is 1. The Morgan fingerprint density at radius 2 is 1.77 bits per heavy atom. The zero-order chi connectivity index (χ0) is 47.2. The SMILES string of the molecule is C=CCCCC(C(=C)N[C@H](C(=C)NC(CCN)C(=O)NCC(=C)CCc1c(F)c(C)cc(F)c1C(F)C(=C)C)[C@@H](C)C(N)Cc1ccccc1)N(C)C(=C)[C@@H]1CC2=C(S1)C(F)=CCC2. The van der Waals surface area contributed by atoms with Crippen molar-refractivity contribution in [2.24, 2.45) is 17.4 Å². The van der Waals surface area contributed by atoms with Crippen LogP contribution >= 0.6 is 11.8 Å². The van der Waals surface area contributed by atoms with Crippen LogP contribution in [0.5, 0.6) is 0 Å². The number of likely N-dealkylation sites (N-methyl/N-ethyl adjacent to an activating group) is 1. The van der Waals surface area contributed by atoms with Gasteiger partial charge in [0, 0.05) is 47.2 Å². The molecule has 7 atom stereocenters. The summed E-state index contributed by atoms with van der Waals surface area (Å²) in [5, 5.41) is 9.97. The number of rotatable bonds is 27. The Labute approximate surface area is 384 Å². The van der Waals surface area contributed by atoms with Crippen LogP contribution in [0.3, 0.4) is 0 Å². The van der Waals surface area contributed by atoms with Gasteiger partial charge in [-0.1, -0.05) is 87.4 Å². The van der Waals surface area contributed by atoms with E-state index in [0.717, 1.165) is 65.6 Å². The molecule has 64 heavy (non-hydrogen) atoms. The van der Waals surface area contributed by atoms with Gasteiger partial charge in [-0.3, -0.25) is 4.79 Å². The van der Waals surface area contributed by atoms with Crippen LogP contribution < -0.4 is 27.4 Å². The molecule has 7 N–H and O–H groups in total. The fraction of sp³-hybridized carbons (Fsp3) is 0.442. The smallest absolute Gasteiger partial charge is 0.242 e. The van der Waals surface area contributed by atoms with E-state index in [0.29, 0.717) is 24.1 Å². The van der Waals surface area contributed by atoms with Crippen molar-refractivity contribution < 1.29 is 22.4 Å². The van der Waals surface area contributed by atoms with Gasteiger partial charge in [0.25, 0.3) is 0 Å². The van der Waals surface area contributed by atoms with Gasteiger partial charge < -0.3 is 32.3 Å². The van der Waals surface area contributed by atoms with Gasteiger partial charge in [-0.25, -0.2) is 17.6 Å². The molecule has 2 aromatic carbocycles.